The Labute approximate surface area is 128 Å². The van der Waals surface area contributed by atoms with E-state index < -0.39 is 0 Å². The molecule has 1 saturated heterocycles. The van der Waals surface area contributed by atoms with Crippen LogP contribution in [0, 0.1) is 5.92 Å². The molecule has 0 unspecified atom stereocenters. The summed E-state index contributed by atoms with van der Waals surface area (Å²) in [5, 5.41) is 12.4. The Bertz CT molecular complexity index is 649. The van der Waals surface area contributed by atoms with Crippen LogP contribution in [0.4, 0.5) is 11.6 Å². The maximum atomic E-state index is 12.4. The molecule has 0 aromatic carbocycles. The van der Waals surface area contributed by atoms with Crippen LogP contribution < -0.4 is 10.2 Å². The van der Waals surface area contributed by atoms with Gasteiger partial charge in [0.25, 0.3) is 0 Å². The highest BCUT2D eigenvalue weighted by molar-refractivity contribution is 5.93. The summed E-state index contributed by atoms with van der Waals surface area (Å²) in [6, 6.07) is 3.11. The molecule has 0 bridgehead atoms. The number of nitrogens with one attached hydrogen (secondary N) is 1. The van der Waals surface area contributed by atoms with Crippen molar-refractivity contribution in [1.29, 1.82) is 0 Å². The summed E-state index contributed by atoms with van der Waals surface area (Å²) in [6.45, 7) is 1.44. The molecule has 1 atom stereocenters. The van der Waals surface area contributed by atoms with Gasteiger partial charge < -0.3 is 15.3 Å². The van der Waals surface area contributed by atoms with Crippen LogP contribution >= 0.6 is 0 Å². The summed E-state index contributed by atoms with van der Waals surface area (Å²) in [5.41, 5.74) is 0. The van der Waals surface area contributed by atoms with Gasteiger partial charge in [0, 0.05) is 31.7 Å². The second-order valence-electron chi connectivity index (χ2n) is 5.21. The average molecular weight is 299 g/mol. The van der Waals surface area contributed by atoms with Crippen molar-refractivity contribution < 1.29 is 9.90 Å². The first-order valence-electron chi connectivity index (χ1n) is 7.20. The molecule has 0 spiro atoms. The van der Waals surface area contributed by atoms with Gasteiger partial charge in [0.05, 0.1) is 12.1 Å². The SMILES string of the molecule is O=C(Nc1ncccc1O)[C@@H]1CCCN(c2cnccn2)C1. The first-order chi connectivity index (χ1) is 10.7. The van der Waals surface area contributed by atoms with Gasteiger partial charge in [-0.2, -0.15) is 0 Å². The number of pyridine rings is 1. The molecule has 1 fully saturated rings. The number of hydrogen-bond acceptors (Lipinski definition) is 6. The average Bonchev–Trinajstić information content (AvgIpc) is 2.58. The molecule has 1 amide bonds. The number of carbonyl (C=O) groups excluding carboxylic acids is 1. The third-order valence-corrected chi connectivity index (χ3v) is 3.69. The van der Waals surface area contributed by atoms with Crippen LogP contribution in [-0.2, 0) is 4.79 Å². The standard InChI is InChI=1S/C15H17N5O2/c21-12-4-1-5-18-14(12)19-15(22)11-3-2-8-20(10-11)13-9-16-6-7-17-13/h1,4-7,9,11,21H,2-3,8,10H2,(H,18,19,22)/t11-/m1/s1. The summed E-state index contributed by atoms with van der Waals surface area (Å²) in [6.07, 6.45) is 8.21. The van der Waals surface area contributed by atoms with Gasteiger partial charge in [-0.25, -0.2) is 9.97 Å². The van der Waals surface area contributed by atoms with Crippen molar-refractivity contribution in [1.82, 2.24) is 15.0 Å². The quantitative estimate of drug-likeness (QED) is 0.891. The van der Waals surface area contributed by atoms with Crippen molar-refractivity contribution >= 4 is 17.5 Å². The fourth-order valence-electron chi connectivity index (χ4n) is 2.57. The zero-order valence-corrected chi connectivity index (χ0v) is 12.0. The molecule has 1 aliphatic heterocycles. The van der Waals surface area contributed by atoms with Crippen molar-refractivity contribution in [3.63, 3.8) is 0 Å². The first-order valence-corrected chi connectivity index (χ1v) is 7.20. The van der Waals surface area contributed by atoms with Gasteiger partial charge in [0.1, 0.15) is 5.82 Å². The van der Waals surface area contributed by atoms with E-state index in [1.165, 1.54) is 12.3 Å². The highest BCUT2D eigenvalue weighted by atomic mass is 16.3. The Balaban J connectivity index is 1.67. The predicted octanol–water partition coefficient (Wildman–Crippen LogP) is 1.43. The lowest BCUT2D eigenvalue weighted by atomic mass is 9.97. The number of carbonyl (C=O) groups is 1. The summed E-state index contributed by atoms with van der Waals surface area (Å²) < 4.78 is 0. The first kappa shape index (κ1) is 14.2. The van der Waals surface area contributed by atoms with E-state index in [1.807, 2.05) is 0 Å². The van der Waals surface area contributed by atoms with Crippen molar-refractivity contribution in [3.8, 4) is 5.75 Å². The summed E-state index contributed by atoms with van der Waals surface area (Å²) in [5.74, 6) is 0.641. The lowest BCUT2D eigenvalue weighted by molar-refractivity contribution is -0.120. The molecule has 2 aromatic heterocycles. The zero-order valence-electron chi connectivity index (χ0n) is 12.0. The Hall–Kier alpha value is -2.70. The maximum absolute atomic E-state index is 12.4. The highest BCUT2D eigenvalue weighted by Gasteiger charge is 2.27. The van der Waals surface area contributed by atoms with Crippen molar-refractivity contribution in [2.75, 3.05) is 23.3 Å². The minimum absolute atomic E-state index is 0.0301. The molecule has 3 rings (SSSR count). The van der Waals surface area contributed by atoms with Crippen LogP contribution in [0.5, 0.6) is 5.75 Å². The normalized spacial score (nSPS) is 18.0. The van der Waals surface area contributed by atoms with Crippen LogP contribution in [-0.4, -0.2) is 39.1 Å². The molecule has 7 nitrogen and oxygen atoms in total. The smallest absolute Gasteiger partial charge is 0.230 e. The topological polar surface area (TPSA) is 91.2 Å². The molecule has 7 heteroatoms. The highest BCUT2D eigenvalue weighted by Crippen LogP contribution is 2.24. The van der Waals surface area contributed by atoms with Gasteiger partial charge in [0.15, 0.2) is 11.6 Å². The van der Waals surface area contributed by atoms with E-state index in [1.54, 1.807) is 24.7 Å². The number of aromatic hydroxyl groups is 1. The molecule has 2 N–H and O–H groups in total. The van der Waals surface area contributed by atoms with Crippen LogP contribution in [0.25, 0.3) is 0 Å². The van der Waals surface area contributed by atoms with Gasteiger partial charge in [-0.3, -0.25) is 9.78 Å². The summed E-state index contributed by atoms with van der Waals surface area (Å²) in [4.78, 5) is 26.7. The number of nitrogens with zero attached hydrogens (tertiary/aromatic N) is 4. The Morgan fingerprint density at radius 2 is 2.23 bits per heavy atom. The monoisotopic (exact) mass is 299 g/mol. The van der Waals surface area contributed by atoms with E-state index in [2.05, 4.69) is 25.2 Å². The van der Waals surface area contributed by atoms with Gasteiger partial charge in [-0.1, -0.05) is 0 Å². The minimum Gasteiger partial charge on any atom is -0.504 e. The van der Waals surface area contributed by atoms with Gasteiger partial charge in [0.2, 0.25) is 5.91 Å². The Morgan fingerprint density at radius 1 is 1.32 bits per heavy atom. The molecule has 22 heavy (non-hydrogen) atoms. The fraction of sp³-hybridized carbons (Fsp3) is 0.333. The van der Waals surface area contributed by atoms with E-state index in [0.29, 0.717) is 6.54 Å². The van der Waals surface area contributed by atoms with E-state index in [0.717, 1.165) is 25.2 Å². The van der Waals surface area contributed by atoms with E-state index in [4.69, 9.17) is 0 Å². The summed E-state index contributed by atoms with van der Waals surface area (Å²) in [7, 11) is 0. The van der Waals surface area contributed by atoms with E-state index in [9.17, 15) is 9.90 Å². The van der Waals surface area contributed by atoms with Crippen LogP contribution in [0.3, 0.4) is 0 Å². The van der Waals surface area contributed by atoms with Crippen molar-refractivity contribution in [3.05, 3.63) is 36.9 Å². The lowest BCUT2D eigenvalue weighted by Gasteiger charge is -2.32. The van der Waals surface area contributed by atoms with Crippen LogP contribution in [0.15, 0.2) is 36.9 Å². The molecular formula is C15H17N5O2. The Morgan fingerprint density at radius 3 is 3.00 bits per heavy atom. The maximum Gasteiger partial charge on any atom is 0.230 e. The van der Waals surface area contributed by atoms with E-state index >= 15 is 0 Å². The second-order valence-corrected chi connectivity index (χ2v) is 5.21. The zero-order chi connectivity index (χ0) is 15.4. The van der Waals surface area contributed by atoms with E-state index in [-0.39, 0.29) is 23.4 Å². The number of piperidine rings is 1. The minimum atomic E-state index is -0.169. The summed E-state index contributed by atoms with van der Waals surface area (Å²) >= 11 is 0. The van der Waals surface area contributed by atoms with Gasteiger partial charge in [-0.05, 0) is 25.0 Å². The fourth-order valence-corrected chi connectivity index (χ4v) is 2.57. The van der Waals surface area contributed by atoms with Crippen molar-refractivity contribution in [2.45, 2.75) is 12.8 Å². The number of amides is 1. The predicted molar refractivity (Wildman–Crippen MR) is 81.5 cm³/mol. The van der Waals surface area contributed by atoms with Gasteiger partial charge >= 0.3 is 0 Å². The van der Waals surface area contributed by atoms with Crippen molar-refractivity contribution in [2.24, 2.45) is 5.92 Å². The molecule has 0 radical (unpaired) electrons. The number of hydrogen-bond donors (Lipinski definition) is 2. The molecule has 1 aliphatic rings. The third kappa shape index (κ3) is 3.13. The third-order valence-electron chi connectivity index (χ3n) is 3.69. The second kappa shape index (κ2) is 6.38. The van der Waals surface area contributed by atoms with Crippen LogP contribution in [0.2, 0.25) is 0 Å². The Kier molecular flexibility index (Phi) is 4.13. The molecule has 114 valence electrons. The van der Waals surface area contributed by atoms with Gasteiger partial charge in [-0.15, -0.1) is 0 Å². The number of aromatic nitrogens is 3. The lowest BCUT2D eigenvalue weighted by Crippen LogP contribution is -2.41. The molecule has 0 saturated carbocycles. The molecular weight excluding hydrogens is 282 g/mol. The molecule has 3 heterocycles. The van der Waals surface area contributed by atoms with Crippen LogP contribution in [0.1, 0.15) is 12.8 Å². The number of rotatable bonds is 3. The number of anilines is 2. The molecule has 0 aliphatic carbocycles. The molecule has 2 aromatic rings. The largest absolute Gasteiger partial charge is 0.504 e.